The third kappa shape index (κ3) is 6.39. The van der Waals surface area contributed by atoms with Crippen molar-refractivity contribution >= 4 is 5.96 Å². The highest BCUT2D eigenvalue weighted by molar-refractivity contribution is 5.79. The number of guanidine groups is 1. The van der Waals surface area contributed by atoms with E-state index in [0.29, 0.717) is 12.0 Å². The molecule has 5 nitrogen and oxygen atoms in total. The van der Waals surface area contributed by atoms with E-state index in [9.17, 15) is 0 Å². The van der Waals surface area contributed by atoms with Gasteiger partial charge in [0, 0.05) is 39.3 Å². The maximum absolute atomic E-state index is 5.45. The number of hydrogen-bond donors (Lipinski definition) is 2. The summed E-state index contributed by atoms with van der Waals surface area (Å²) in [5.74, 6) is 1.53. The minimum absolute atomic E-state index is 0.529. The van der Waals surface area contributed by atoms with E-state index in [0.717, 1.165) is 45.4 Å². The number of ether oxygens (including phenoxy) is 1. The summed E-state index contributed by atoms with van der Waals surface area (Å²) in [6, 6.07) is 0.529. The molecule has 0 spiro atoms. The third-order valence-corrected chi connectivity index (χ3v) is 3.45. The monoisotopic (exact) mass is 282 g/mol. The molecule has 1 heterocycles. The summed E-state index contributed by atoms with van der Waals surface area (Å²) < 4.78 is 5.45. The average molecular weight is 282 g/mol. The van der Waals surface area contributed by atoms with Crippen LogP contribution in [0.25, 0.3) is 0 Å². The first-order valence-electron chi connectivity index (χ1n) is 7.54. The molecule has 1 aliphatic rings. The number of aliphatic imine (C=N–C) groups is 1. The van der Waals surface area contributed by atoms with Gasteiger partial charge in [-0.1, -0.05) is 19.9 Å². The molecule has 116 valence electrons. The maximum atomic E-state index is 5.45. The van der Waals surface area contributed by atoms with Crippen LogP contribution in [0.15, 0.2) is 17.6 Å². The number of morpholine rings is 1. The Morgan fingerprint density at radius 2 is 2.05 bits per heavy atom. The Kier molecular flexibility index (Phi) is 8.30. The van der Waals surface area contributed by atoms with Crippen molar-refractivity contribution in [2.24, 2.45) is 10.9 Å². The van der Waals surface area contributed by atoms with E-state index in [4.69, 9.17) is 4.74 Å². The van der Waals surface area contributed by atoms with Crippen LogP contribution in [-0.2, 0) is 4.74 Å². The molecule has 0 aromatic carbocycles. The Labute approximate surface area is 123 Å². The summed E-state index contributed by atoms with van der Waals surface area (Å²) in [6.07, 6.45) is 3.02. The predicted octanol–water partition coefficient (Wildman–Crippen LogP) is 1.08. The minimum atomic E-state index is 0.529. The summed E-state index contributed by atoms with van der Waals surface area (Å²) in [5.41, 5.74) is 0. The molecule has 0 aromatic heterocycles. The van der Waals surface area contributed by atoms with Crippen molar-refractivity contribution in [3.05, 3.63) is 12.7 Å². The van der Waals surface area contributed by atoms with Crippen LogP contribution in [-0.4, -0.2) is 63.3 Å². The maximum Gasteiger partial charge on any atom is 0.191 e. The molecule has 0 aromatic rings. The highest BCUT2D eigenvalue weighted by Crippen LogP contribution is 2.12. The summed E-state index contributed by atoms with van der Waals surface area (Å²) in [7, 11) is 1.80. The first-order chi connectivity index (χ1) is 9.67. The van der Waals surface area contributed by atoms with Crippen molar-refractivity contribution in [2.45, 2.75) is 26.3 Å². The van der Waals surface area contributed by atoms with Gasteiger partial charge in [-0.3, -0.25) is 9.89 Å². The van der Waals surface area contributed by atoms with E-state index in [-0.39, 0.29) is 0 Å². The van der Waals surface area contributed by atoms with Crippen LogP contribution in [0, 0.1) is 5.92 Å². The fourth-order valence-electron chi connectivity index (χ4n) is 2.45. The minimum Gasteiger partial charge on any atom is -0.379 e. The molecule has 1 aliphatic heterocycles. The van der Waals surface area contributed by atoms with Gasteiger partial charge in [-0.2, -0.15) is 0 Å². The predicted molar refractivity (Wildman–Crippen MR) is 85.2 cm³/mol. The van der Waals surface area contributed by atoms with Gasteiger partial charge < -0.3 is 15.4 Å². The Morgan fingerprint density at radius 3 is 2.60 bits per heavy atom. The summed E-state index contributed by atoms with van der Waals surface area (Å²) >= 11 is 0. The van der Waals surface area contributed by atoms with Crippen LogP contribution in [0.5, 0.6) is 0 Å². The highest BCUT2D eigenvalue weighted by atomic mass is 16.5. The molecule has 1 atom stereocenters. The molecule has 1 unspecified atom stereocenters. The molecule has 2 N–H and O–H groups in total. The Morgan fingerprint density at radius 1 is 1.35 bits per heavy atom. The number of nitrogens with zero attached hydrogens (tertiary/aromatic N) is 2. The molecular formula is C15H30N4O. The number of rotatable bonds is 7. The van der Waals surface area contributed by atoms with Crippen molar-refractivity contribution in [3.63, 3.8) is 0 Å². The smallest absolute Gasteiger partial charge is 0.191 e. The molecule has 1 fully saturated rings. The van der Waals surface area contributed by atoms with E-state index in [1.165, 1.54) is 6.42 Å². The van der Waals surface area contributed by atoms with Crippen molar-refractivity contribution in [2.75, 3.05) is 46.4 Å². The lowest BCUT2D eigenvalue weighted by Crippen LogP contribution is -2.51. The SMILES string of the molecule is C=CCNC(=NC)NCC(CC(C)C)N1CCOCC1. The number of nitrogens with one attached hydrogen (secondary N) is 2. The molecule has 0 bridgehead atoms. The topological polar surface area (TPSA) is 48.9 Å². The second kappa shape index (κ2) is 9.77. The van der Waals surface area contributed by atoms with Crippen LogP contribution >= 0.6 is 0 Å². The van der Waals surface area contributed by atoms with Gasteiger partial charge in [0.15, 0.2) is 5.96 Å². The normalized spacial score (nSPS) is 18.9. The zero-order chi connectivity index (χ0) is 14.8. The van der Waals surface area contributed by atoms with E-state index >= 15 is 0 Å². The number of hydrogen-bond acceptors (Lipinski definition) is 3. The van der Waals surface area contributed by atoms with Crippen LogP contribution in [0.3, 0.4) is 0 Å². The zero-order valence-electron chi connectivity index (χ0n) is 13.2. The molecule has 1 saturated heterocycles. The average Bonchev–Trinajstić information content (AvgIpc) is 2.46. The first-order valence-corrected chi connectivity index (χ1v) is 7.54. The van der Waals surface area contributed by atoms with Crippen molar-refractivity contribution in [3.8, 4) is 0 Å². The molecule has 1 rings (SSSR count). The second-order valence-electron chi connectivity index (χ2n) is 5.55. The van der Waals surface area contributed by atoms with Crippen molar-refractivity contribution in [1.82, 2.24) is 15.5 Å². The largest absolute Gasteiger partial charge is 0.379 e. The molecular weight excluding hydrogens is 252 g/mol. The first kappa shape index (κ1) is 17.0. The Bertz CT molecular complexity index is 298. The van der Waals surface area contributed by atoms with Gasteiger partial charge in [-0.15, -0.1) is 6.58 Å². The fourth-order valence-corrected chi connectivity index (χ4v) is 2.45. The van der Waals surface area contributed by atoms with E-state index in [1.807, 2.05) is 6.08 Å². The fraction of sp³-hybridized carbons (Fsp3) is 0.800. The van der Waals surface area contributed by atoms with Crippen LogP contribution in [0.4, 0.5) is 0 Å². The van der Waals surface area contributed by atoms with Gasteiger partial charge in [-0.05, 0) is 12.3 Å². The van der Waals surface area contributed by atoms with Crippen molar-refractivity contribution < 1.29 is 4.74 Å². The quantitative estimate of drug-likeness (QED) is 0.417. The van der Waals surface area contributed by atoms with Gasteiger partial charge in [0.2, 0.25) is 0 Å². The van der Waals surface area contributed by atoms with Crippen LogP contribution in [0.2, 0.25) is 0 Å². The van der Waals surface area contributed by atoms with Gasteiger partial charge >= 0.3 is 0 Å². The van der Waals surface area contributed by atoms with E-state index < -0.39 is 0 Å². The highest BCUT2D eigenvalue weighted by Gasteiger charge is 2.21. The van der Waals surface area contributed by atoms with Crippen molar-refractivity contribution in [1.29, 1.82) is 0 Å². The standard InChI is InChI=1S/C15H30N4O/c1-5-6-17-15(16-4)18-12-14(11-13(2)3)19-7-9-20-10-8-19/h5,13-14H,1,6-12H2,2-4H3,(H2,16,17,18). The molecule has 0 aliphatic carbocycles. The lowest BCUT2D eigenvalue weighted by atomic mass is 10.0. The molecule has 5 heteroatoms. The third-order valence-electron chi connectivity index (χ3n) is 3.45. The van der Waals surface area contributed by atoms with Gasteiger partial charge in [0.05, 0.1) is 13.2 Å². The summed E-state index contributed by atoms with van der Waals surface area (Å²) in [4.78, 5) is 6.75. The van der Waals surface area contributed by atoms with Gasteiger partial charge in [0.1, 0.15) is 0 Å². The Balaban J connectivity index is 2.48. The Hall–Kier alpha value is -1.07. The van der Waals surface area contributed by atoms with Gasteiger partial charge in [0.25, 0.3) is 0 Å². The lowest BCUT2D eigenvalue weighted by Gasteiger charge is -2.35. The molecule has 20 heavy (non-hydrogen) atoms. The van der Waals surface area contributed by atoms with E-state index in [1.54, 1.807) is 7.05 Å². The van der Waals surface area contributed by atoms with Crippen LogP contribution in [0.1, 0.15) is 20.3 Å². The molecule has 0 amide bonds. The van der Waals surface area contributed by atoms with E-state index in [2.05, 4.69) is 41.0 Å². The molecule has 0 saturated carbocycles. The van der Waals surface area contributed by atoms with Gasteiger partial charge in [-0.25, -0.2) is 0 Å². The molecule has 0 radical (unpaired) electrons. The zero-order valence-corrected chi connectivity index (χ0v) is 13.2. The summed E-state index contributed by atoms with van der Waals surface area (Å²) in [5, 5.41) is 6.62. The summed E-state index contributed by atoms with van der Waals surface area (Å²) in [6.45, 7) is 13.6. The van der Waals surface area contributed by atoms with Crippen LogP contribution < -0.4 is 10.6 Å². The second-order valence-corrected chi connectivity index (χ2v) is 5.55. The lowest BCUT2D eigenvalue weighted by molar-refractivity contribution is 0.0132.